The van der Waals surface area contributed by atoms with E-state index in [1.165, 1.54) is 11.1 Å². The molecule has 0 aromatic heterocycles. The van der Waals surface area contributed by atoms with E-state index in [0.29, 0.717) is 50.9 Å². The van der Waals surface area contributed by atoms with Crippen molar-refractivity contribution < 1.29 is 28.0 Å². The Hall–Kier alpha value is -2.83. The molecule has 1 saturated heterocycles. The fourth-order valence-electron chi connectivity index (χ4n) is 10.1. The number of hydrogen-bond acceptors (Lipinski definition) is 8. The van der Waals surface area contributed by atoms with Crippen molar-refractivity contribution in [2.45, 2.75) is 81.5 Å². The zero-order valence-corrected chi connectivity index (χ0v) is 34.2. The zero-order chi connectivity index (χ0) is 38.3. The van der Waals surface area contributed by atoms with E-state index in [-0.39, 0.29) is 34.3 Å². The fraction of sp³-hybridized carbons (Fsp3) is 0.643. The predicted molar refractivity (Wildman–Crippen MR) is 216 cm³/mol. The largest absolute Gasteiger partial charge is 0.490 e. The van der Waals surface area contributed by atoms with Crippen LogP contribution in [0.4, 0.5) is 5.69 Å². The number of halogens is 1. The molecule has 3 aliphatic heterocycles. The molecule has 2 fully saturated rings. The van der Waals surface area contributed by atoms with Gasteiger partial charge in [0.15, 0.2) is 0 Å². The summed E-state index contributed by atoms with van der Waals surface area (Å²) in [7, 11) is 0.559. The van der Waals surface area contributed by atoms with E-state index in [1.54, 1.807) is 13.2 Å². The van der Waals surface area contributed by atoms with Gasteiger partial charge in [-0.05, 0) is 117 Å². The van der Waals surface area contributed by atoms with Crippen molar-refractivity contribution in [3.63, 3.8) is 0 Å². The van der Waals surface area contributed by atoms with Gasteiger partial charge in [-0.3, -0.25) is 19.2 Å². The van der Waals surface area contributed by atoms with Crippen molar-refractivity contribution in [1.82, 2.24) is 14.5 Å². The van der Waals surface area contributed by atoms with Crippen LogP contribution in [0.5, 0.6) is 5.75 Å². The van der Waals surface area contributed by atoms with Gasteiger partial charge in [0.25, 0.3) is 5.91 Å². The molecule has 3 heterocycles. The second-order valence-corrected chi connectivity index (χ2v) is 19.7. The first-order chi connectivity index (χ1) is 25.9. The number of rotatable bonds is 6. The second kappa shape index (κ2) is 16.0. The molecule has 2 aromatic carbocycles. The Kier molecular flexibility index (Phi) is 11.6. The molecule has 1 saturated carbocycles. The van der Waals surface area contributed by atoms with Crippen LogP contribution < -0.4 is 14.4 Å². The highest BCUT2D eigenvalue weighted by Crippen LogP contribution is 2.50. The monoisotopic (exact) mass is 782 g/mol. The van der Waals surface area contributed by atoms with Gasteiger partial charge >= 0.3 is 0 Å². The van der Waals surface area contributed by atoms with Crippen molar-refractivity contribution in [1.29, 1.82) is 0 Å². The van der Waals surface area contributed by atoms with Crippen LogP contribution in [0.15, 0.2) is 36.4 Å². The minimum Gasteiger partial charge on any atom is -0.490 e. The average Bonchev–Trinajstić information content (AvgIpc) is 3.28. The van der Waals surface area contributed by atoms with Crippen molar-refractivity contribution in [2.24, 2.45) is 17.8 Å². The Morgan fingerprint density at radius 3 is 2.63 bits per heavy atom. The van der Waals surface area contributed by atoms with Crippen LogP contribution in [0.3, 0.4) is 0 Å². The molecule has 54 heavy (non-hydrogen) atoms. The number of nitrogens with one attached hydrogen (secondary N) is 1. The second-order valence-electron chi connectivity index (χ2n) is 16.8. The van der Waals surface area contributed by atoms with Gasteiger partial charge in [0.2, 0.25) is 5.91 Å². The minimum absolute atomic E-state index is 0.0567. The molecule has 12 heteroatoms. The van der Waals surface area contributed by atoms with E-state index >= 15 is 0 Å². The van der Waals surface area contributed by atoms with Crippen molar-refractivity contribution >= 4 is 44.7 Å². The molecule has 2 aliphatic carbocycles. The number of anilines is 1. The number of fused-ring (bicyclic) bond motifs is 4. The van der Waals surface area contributed by atoms with Crippen LogP contribution >= 0.6 is 11.6 Å². The first-order valence-electron chi connectivity index (χ1n) is 19.9. The lowest BCUT2D eigenvalue weighted by molar-refractivity contribution is -0.148. The summed E-state index contributed by atoms with van der Waals surface area (Å²) in [4.78, 5) is 33.8. The zero-order valence-electron chi connectivity index (χ0n) is 32.6. The van der Waals surface area contributed by atoms with Crippen LogP contribution in [0.25, 0.3) is 0 Å². The molecule has 1 unspecified atom stereocenters. The third kappa shape index (κ3) is 7.77. The lowest BCUT2D eigenvalue weighted by atomic mass is 9.62. The number of piperazine rings is 1. The number of amides is 2. The molecule has 296 valence electrons. The molecule has 2 aromatic rings. The Balaban J connectivity index is 1.26. The van der Waals surface area contributed by atoms with E-state index in [9.17, 15) is 13.8 Å². The maximum atomic E-state index is 14.1. The summed E-state index contributed by atoms with van der Waals surface area (Å²) in [6.45, 7) is 9.75. The van der Waals surface area contributed by atoms with Crippen molar-refractivity contribution in [3.8, 4) is 5.75 Å². The summed E-state index contributed by atoms with van der Waals surface area (Å²) in [5.74, 6) is 5.25. The first-order valence-corrected chi connectivity index (χ1v) is 22.1. The number of carbonyl (C=O) groups is 2. The van der Waals surface area contributed by atoms with Gasteiger partial charge in [-0.1, -0.05) is 31.0 Å². The molecule has 5 aliphatic rings. The maximum Gasteiger partial charge on any atom is 0.262 e. The molecule has 10 nitrogen and oxygen atoms in total. The predicted octanol–water partition coefficient (Wildman–Crippen LogP) is 5.58. The van der Waals surface area contributed by atoms with Gasteiger partial charge in [0.05, 0.1) is 40.8 Å². The summed E-state index contributed by atoms with van der Waals surface area (Å²) in [6, 6.07) is 11.9. The average molecular weight is 783 g/mol. The molecule has 2 bridgehead atoms. The number of ether oxygens (including phenoxy) is 3. The van der Waals surface area contributed by atoms with Crippen molar-refractivity contribution in [3.05, 3.63) is 58.1 Å². The highest BCUT2D eigenvalue weighted by Gasteiger charge is 2.51. The lowest BCUT2D eigenvalue weighted by Crippen LogP contribution is -2.60. The molecular weight excluding hydrogens is 724 g/mol. The minimum atomic E-state index is -2.97. The van der Waals surface area contributed by atoms with E-state index < -0.39 is 15.3 Å². The number of nitrogens with zero attached hydrogens (tertiary/aromatic N) is 3. The summed E-state index contributed by atoms with van der Waals surface area (Å²) in [5, 5.41) is 0.419. The summed E-state index contributed by atoms with van der Waals surface area (Å²) >= 11 is 6.51. The Bertz CT molecular complexity index is 1830. The highest BCUT2D eigenvalue weighted by molar-refractivity contribution is 7.99. The van der Waals surface area contributed by atoms with Gasteiger partial charge in [-0.25, -0.2) is 4.21 Å². The summed E-state index contributed by atoms with van der Waals surface area (Å²) in [6.07, 6.45) is 7.65. The number of methoxy groups -OCH3 is 2. The number of aryl methyl sites for hydroxylation is 1. The molecule has 2 amide bonds. The van der Waals surface area contributed by atoms with Crippen LogP contribution in [-0.4, -0.2) is 116 Å². The van der Waals surface area contributed by atoms with Crippen LogP contribution in [-0.2, 0) is 35.8 Å². The molecule has 1 N–H and O–H groups in total. The topological polar surface area (TPSA) is 101 Å². The quantitative estimate of drug-likeness (QED) is 0.380. The Morgan fingerprint density at radius 2 is 1.89 bits per heavy atom. The van der Waals surface area contributed by atoms with Gasteiger partial charge in [0, 0.05) is 74.7 Å². The van der Waals surface area contributed by atoms with Crippen molar-refractivity contribution in [2.75, 3.05) is 78.1 Å². The van der Waals surface area contributed by atoms with E-state index in [2.05, 4.69) is 39.4 Å². The fourth-order valence-corrected chi connectivity index (χ4v) is 11.8. The molecule has 7 rings (SSSR count). The standard InChI is InChI=1S/C42H59ClN4O6S/c1-29-8-6-17-42(52-4,27-45-18-19-46(20-21-51-3)39(48)25-45)36-13-10-33(36)24-47-26-41(16-7-9-31-22-34(43)12-14-35(31)41)28-53-38-15-11-32(23-37(38)47)40(49)44-54(5,50)30(29)2/h11-12,14-15,22-23,29-30,33,36H,5-10,13,16-21,24-28H2,1-4H3,(H,44,49,50)/t29-,30+,33-,36+,41-,42-,54?/m0/s1. The molecule has 7 atom stereocenters. The van der Waals surface area contributed by atoms with Gasteiger partial charge in [0.1, 0.15) is 5.75 Å². The smallest absolute Gasteiger partial charge is 0.262 e. The maximum absolute atomic E-state index is 14.1. The Morgan fingerprint density at radius 1 is 1.06 bits per heavy atom. The molecule has 1 spiro atoms. The number of hydrogen-bond donors (Lipinski definition) is 1. The lowest BCUT2D eigenvalue weighted by Gasteiger charge is -2.53. The Labute approximate surface area is 327 Å². The van der Waals surface area contributed by atoms with Crippen LogP contribution in [0.1, 0.15) is 80.3 Å². The first kappa shape index (κ1) is 39.4. The van der Waals surface area contributed by atoms with Gasteiger partial charge < -0.3 is 24.0 Å². The third-order valence-corrected chi connectivity index (χ3v) is 16.1. The summed E-state index contributed by atoms with van der Waals surface area (Å²) < 4.78 is 35.7. The van der Waals surface area contributed by atoms with E-state index in [0.717, 1.165) is 87.5 Å². The normalized spacial score (nSPS) is 33.6. The van der Waals surface area contributed by atoms with Gasteiger partial charge in [-0.15, -0.1) is 0 Å². The van der Waals surface area contributed by atoms with Gasteiger partial charge in [-0.2, -0.15) is 0 Å². The van der Waals surface area contributed by atoms with E-state index in [1.807, 2.05) is 37.1 Å². The van der Waals surface area contributed by atoms with Crippen LogP contribution in [0.2, 0.25) is 5.02 Å². The number of benzene rings is 2. The molecular formula is C42H59ClN4O6S. The number of carbonyl (C=O) groups excluding carboxylic acids is 2. The summed E-state index contributed by atoms with van der Waals surface area (Å²) in [5.41, 5.74) is 3.19. The SMILES string of the molecule is C=S1(=O)NC(=O)c2ccc3c(c2)N(C[C@@H]2CC[C@H]2[C@](CN2CCN(CCOC)C(=O)C2)(OC)CCC[C@H](C)[C@H]1C)C[C@@]1(CCCc2cc(Cl)ccc21)CO3. The molecule has 0 radical (unpaired) electrons. The van der Waals surface area contributed by atoms with E-state index in [4.69, 9.17) is 25.8 Å². The third-order valence-electron chi connectivity index (χ3n) is 13.6. The van der Waals surface area contributed by atoms with Crippen LogP contribution in [0, 0.1) is 17.8 Å². The highest BCUT2D eigenvalue weighted by atomic mass is 35.5.